The molecule has 0 aliphatic carbocycles. The summed E-state index contributed by atoms with van der Waals surface area (Å²) in [5, 5.41) is 13.1. The van der Waals surface area contributed by atoms with Gasteiger partial charge < -0.3 is 15.6 Å². The van der Waals surface area contributed by atoms with Crippen molar-refractivity contribution in [1.29, 1.82) is 0 Å². The average Bonchev–Trinajstić information content (AvgIpc) is 3.06. The first-order chi connectivity index (χ1) is 12.6. The fraction of sp³-hybridized carbons (Fsp3) is 0.118. The number of carbonyl (C=O) groups excluding carboxylic acids is 2. The Morgan fingerprint density at radius 1 is 1.27 bits per heavy atom. The Kier molecular flexibility index (Phi) is 4.88. The van der Waals surface area contributed by atoms with E-state index in [0.29, 0.717) is 17.1 Å². The predicted molar refractivity (Wildman–Crippen MR) is 94.4 cm³/mol. The molecule has 2 amide bonds. The van der Waals surface area contributed by atoms with Crippen LogP contribution in [0.4, 0.5) is 5.69 Å². The number of nitrogens with one attached hydrogen (secondary N) is 3. The van der Waals surface area contributed by atoms with Crippen molar-refractivity contribution in [1.82, 2.24) is 24.9 Å². The molecular weight excluding hydrogens is 336 g/mol. The van der Waals surface area contributed by atoms with Crippen LogP contribution < -0.4 is 16.2 Å². The normalized spacial score (nSPS) is 10.5. The highest BCUT2D eigenvalue weighted by Crippen LogP contribution is 2.15. The lowest BCUT2D eigenvalue weighted by atomic mass is 10.1. The van der Waals surface area contributed by atoms with E-state index in [-0.39, 0.29) is 36.0 Å². The van der Waals surface area contributed by atoms with Crippen molar-refractivity contribution in [2.45, 2.75) is 13.0 Å². The summed E-state index contributed by atoms with van der Waals surface area (Å²) in [5.41, 5.74) is 1.02. The van der Waals surface area contributed by atoms with Crippen LogP contribution in [0.1, 0.15) is 11.4 Å². The molecule has 26 heavy (non-hydrogen) atoms. The average molecular weight is 352 g/mol. The molecule has 3 N–H and O–H groups in total. The van der Waals surface area contributed by atoms with E-state index in [1.54, 1.807) is 30.5 Å². The maximum absolute atomic E-state index is 12.2. The third-order valence-corrected chi connectivity index (χ3v) is 3.66. The summed E-state index contributed by atoms with van der Waals surface area (Å²) in [7, 11) is 0. The van der Waals surface area contributed by atoms with Gasteiger partial charge >= 0.3 is 0 Å². The standard InChI is InChI=1S/C17H16N6O3/c1-2-14(24)20-12-6-4-3-5-11(12)9-15(25)19-10-13-21-22-16-17(26)18-7-8-23(13)16/h2-8H,1,9-10H2,(H,18,26)(H,19,25)(H,20,24). The fourth-order valence-corrected chi connectivity index (χ4v) is 2.40. The quantitative estimate of drug-likeness (QED) is 0.555. The van der Waals surface area contributed by atoms with Gasteiger partial charge in [0.15, 0.2) is 5.82 Å². The molecule has 2 aromatic heterocycles. The molecule has 0 unspecified atom stereocenters. The van der Waals surface area contributed by atoms with Crippen LogP contribution in [0.25, 0.3) is 5.65 Å². The van der Waals surface area contributed by atoms with Crippen molar-refractivity contribution in [3.8, 4) is 0 Å². The zero-order valence-corrected chi connectivity index (χ0v) is 13.7. The Hall–Kier alpha value is -3.75. The van der Waals surface area contributed by atoms with Gasteiger partial charge in [0.05, 0.1) is 13.0 Å². The molecule has 0 bridgehead atoms. The number of amides is 2. The molecule has 9 nitrogen and oxygen atoms in total. The summed E-state index contributed by atoms with van der Waals surface area (Å²) >= 11 is 0. The van der Waals surface area contributed by atoms with Gasteiger partial charge in [-0.25, -0.2) is 0 Å². The number of hydrogen-bond acceptors (Lipinski definition) is 5. The minimum atomic E-state index is -0.357. The largest absolute Gasteiger partial charge is 0.348 e. The molecule has 3 rings (SSSR count). The molecule has 0 aliphatic heterocycles. The number of fused-ring (bicyclic) bond motifs is 1. The monoisotopic (exact) mass is 352 g/mol. The Bertz CT molecular complexity index is 1040. The topological polar surface area (TPSA) is 121 Å². The Morgan fingerprint density at radius 3 is 2.88 bits per heavy atom. The number of para-hydroxylation sites is 1. The SMILES string of the molecule is C=CC(=O)Nc1ccccc1CC(=O)NCc1nnc2c(=O)[nH]ccn12. The molecule has 0 saturated carbocycles. The number of carbonyl (C=O) groups is 2. The Balaban J connectivity index is 1.68. The van der Waals surface area contributed by atoms with Crippen molar-refractivity contribution >= 4 is 23.1 Å². The maximum atomic E-state index is 12.2. The van der Waals surface area contributed by atoms with E-state index in [4.69, 9.17) is 0 Å². The van der Waals surface area contributed by atoms with Gasteiger partial charge in [0.1, 0.15) is 0 Å². The summed E-state index contributed by atoms with van der Waals surface area (Å²) in [5.74, 6) is -0.169. The number of anilines is 1. The van der Waals surface area contributed by atoms with Gasteiger partial charge in [0.2, 0.25) is 17.5 Å². The summed E-state index contributed by atoms with van der Waals surface area (Å²) in [6.07, 6.45) is 4.32. The van der Waals surface area contributed by atoms with Crippen LogP contribution in [0.5, 0.6) is 0 Å². The molecule has 2 heterocycles. The number of aromatic nitrogens is 4. The third-order valence-electron chi connectivity index (χ3n) is 3.66. The Labute approximate surface area is 147 Å². The van der Waals surface area contributed by atoms with Gasteiger partial charge in [-0.05, 0) is 17.7 Å². The number of H-pyrrole nitrogens is 1. The summed E-state index contributed by atoms with van der Waals surface area (Å²) in [6, 6.07) is 7.01. The van der Waals surface area contributed by atoms with Crippen LogP contribution in [0, 0.1) is 0 Å². The zero-order valence-electron chi connectivity index (χ0n) is 13.7. The molecule has 0 spiro atoms. The second-order valence-electron chi connectivity index (χ2n) is 5.40. The van der Waals surface area contributed by atoms with Crippen LogP contribution in [-0.4, -0.2) is 31.4 Å². The number of benzene rings is 1. The van der Waals surface area contributed by atoms with Crippen molar-refractivity contribution in [3.63, 3.8) is 0 Å². The number of nitrogens with zero attached hydrogens (tertiary/aromatic N) is 3. The third kappa shape index (κ3) is 3.66. The number of aromatic amines is 1. The van der Waals surface area contributed by atoms with Crippen molar-refractivity contribution in [3.05, 3.63) is 71.1 Å². The van der Waals surface area contributed by atoms with Crippen LogP contribution in [0.3, 0.4) is 0 Å². The molecular formula is C17H16N6O3. The second kappa shape index (κ2) is 7.43. The van der Waals surface area contributed by atoms with Crippen LogP contribution in [-0.2, 0) is 22.6 Å². The highest BCUT2D eigenvalue weighted by Gasteiger charge is 2.12. The van der Waals surface area contributed by atoms with Gasteiger partial charge in [0.25, 0.3) is 5.56 Å². The lowest BCUT2D eigenvalue weighted by Crippen LogP contribution is -2.26. The second-order valence-corrected chi connectivity index (χ2v) is 5.40. The number of hydrogen-bond donors (Lipinski definition) is 3. The van der Waals surface area contributed by atoms with Gasteiger partial charge in [-0.3, -0.25) is 18.8 Å². The summed E-state index contributed by atoms with van der Waals surface area (Å²) < 4.78 is 1.51. The molecule has 0 atom stereocenters. The van der Waals surface area contributed by atoms with Crippen molar-refractivity contribution in [2.75, 3.05) is 5.32 Å². The van der Waals surface area contributed by atoms with Crippen molar-refractivity contribution in [2.24, 2.45) is 0 Å². The van der Waals surface area contributed by atoms with Gasteiger partial charge in [-0.1, -0.05) is 24.8 Å². The summed E-state index contributed by atoms with van der Waals surface area (Å²) in [6.45, 7) is 3.52. The van der Waals surface area contributed by atoms with E-state index in [2.05, 4.69) is 32.4 Å². The van der Waals surface area contributed by atoms with Gasteiger partial charge in [0, 0.05) is 18.1 Å². The first-order valence-corrected chi connectivity index (χ1v) is 7.78. The lowest BCUT2D eigenvalue weighted by Gasteiger charge is -2.10. The fourth-order valence-electron chi connectivity index (χ4n) is 2.40. The van der Waals surface area contributed by atoms with Gasteiger partial charge in [-0.15, -0.1) is 10.2 Å². The first kappa shape index (κ1) is 17.1. The van der Waals surface area contributed by atoms with E-state index in [0.717, 1.165) is 6.08 Å². The molecule has 132 valence electrons. The van der Waals surface area contributed by atoms with E-state index in [1.807, 2.05) is 0 Å². The molecule has 9 heteroatoms. The zero-order chi connectivity index (χ0) is 18.5. The molecule has 1 aromatic carbocycles. The van der Waals surface area contributed by atoms with Crippen LogP contribution >= 0.6 is 0 Å². The van der Waals surface area contributed by atoms with Crippen molar-refractivity contribution < 1.29 is 9.59 Å². The molecule has 0 radical (unpaired) electrons. The van der Waals surface area contributed by atoms with E-state index in [1.165, 1.54) is 10.6 Å². The molecule has 3 aromatic rings. The van der Waals surface area contributed by atoms with E-state index >= 15 is 0 Å². The molecule has 0 fully saturated rings. The number of rotatable bonds is 6. The molecule has 0 saturated heterocycles. The minimum absolute atomic E-state index is 0.0743. The summed E-state index contributed by atoms with van der Waals surface area (Å²) in [4.78, 5) is 37.8. The van der Waals surface area contributed by atoms with E-state index < -0.39 is 0 Å². The Morgan fingerprint density at radius 2 is 2.08 bits per heavy atom. The highest BCUT2D eigenvalue weighted by molar-refractivity contribution is 5.99. The van der Waals surface area contributed by atoms with E-state index in [9.17, 15) is 14.4 Å². The minimum Gasteiger partial charge on any atom is -0.348 e. The smallest absolute Gasteiger partial charge is 0.293 e. The highest BCUT2D eigenvalue weighted by atomic mass is 16.2. The van der Waals surface area contributed by atoms with Crippen LogP contribution in [0.15, 0.2) is 54.1 Å². The van der Waals surface area contributed by atoms with Crippen LogP contribution in [0.2, 0.25) is 0 Å². The maximum Gasteiger partial charge on any atom is 0.293 e. The first-order valence-electron chi connectivity index (χ1n) is 7.78. The lowest BCUT2D eigenvalue weighted by molar-refractivity contribution is -0.120. The molecule has 0 aliphatic rings. The predicted octanol–water partition coefficient (Wildman–Crippen LogP) is 0.401. The van der Waals surface area contributed by atoms with Gasteiger partial charge in [-0.2, -0.15) is 0 Å².